The van der Waals surface area contributed by atoms with Gasteiger partial charge in [0, 0.05) is 40.1 Å². The van der Waals surface area contributed by atoms with Gasteiger partial charge in [0.15, 0.2) is 0 Å². The molecule has 0 saturated carbocycles. The summed E-state index contributed by atoms with van der Waals surface area (Å²) in [6.07, 6.45) is 13.3. The Labute approximate surface area is 294 Å². The van der Waals surface area contributed by atoms with E-state index in [1.165, 1.54) is 0 Å². The second-order valence-electron chi connectivity index (χ2n) is 12.5. The summed E-state index contributed by atoms with van der Waals surface area (Å²) in [5.74, 6) is 0. The molecule has 244 valence electrons. The molecular weight excluding hydrogens is 627 g/mol. The van der Waals surface area contributed by atoms with Crippen LogP contribution in [0.5, 0.6) is 0 Å². The summed E-state index contributed by atoms with van der Waals surface area (Å²) in [5.41, 5.74) is 20.0. The van der Waals surface area contributed by atoms with Crippen LogP contribution in [0.1, 0.15) is 18.2 Å². The molecule has 0 unspecified atom stereocenters. The number of hydrogen-bond donors (Lipinski definition) is 1. The Morgan fingerprint density at radius 2 is 1.47 bits per heavy atom. The predicted molar refractivity (Wildman–Crippen MR) is 213 cm³/mol. The van der Waals surface area contributed by atoms with E-state index in [1.807, 2.05) is 61.8 Å². The fourth-order valence-electron chi connectivity index (χ4n) is 7.47. The van der Waals surface area contributed by atoms with Crippen molar-refractivity contribution in [3.63, 3.8) is 0 Å². The Balaban J connectivity index is 1.32. The molecule has 9 rings (SSSR count). The normalized spacial score (nSPS) is 12.3. The Morgan fingerprint density at radius 3 is 2.22 bits per heavy atom. The van der Waals surface area contributed by atoms with Crippen molar-refractivity contribution in [2.75, 3.05) is 5.73 Å². The molecule has 6 nitrogen and oxygen atoms in total. The van der Waals surface area contributed by atoms with Crippen molar-refractivity contribution in [1.82, 2.24) is 19.1 Å². The lowest BCUT2D eigenvalue weighted by atomic mass is 10.0. The maximum absolute atomic E-state index is 7.08. The monoisotopic (exact) mass is 659 g/mol. The van der Waals surface area contributed by atoms with E-state index in [2.05, 4.69) is 112 Å². The maximum Gasteiger partial charge on any atom is 0.147 e. The number of pyridine rings is 2. The van der Waals surface area contributed by atoms with Crippen molar-refractivity contribution in [3.8, 4) is 22.6 Å². The van der Waals surface area contributed by atoms with Gasteiger partial charge in [-0.05, 0) is 96.9 Å². The molecule has 0 amide bonds. The number of anilines is 1. The van der Waals surface area contributed by atoms with Crippen molar-refractivity contribution in [3.05, 3.63) is 164 Å². The van der Waals surface area contributed by atoms with E-state index in [0.717, 1.165) is 94.2 Å². The lowest BCUT2D eigenvalue weighted by Gasteiger charge is -2.11. The minimum Gasteiger partial charge on any atom is -0.454 e. The van der Waals surface area contributed by atoms with Gasteiger partial charge in [-0.25, -0.2) is 0 Å². The number of furan rings is 1. The highest BCUT2D eigenvalue weighted by atomic mass is 16.3. The molecule has 9 aromatic rings. The third-order valence-electron chi connectivity index (χ3n) is 9.64. The quantitative estimate of drug-likeness (QED) is 0.173. The molecule has 0 saturated heterocycles. The molecule has 2 N–H and O–H groups in total. The van der Waals surface area contributed by atoms with Crippen LogP contribution in [0, 0.1) is 0 Å². The molecule has 51 heavy (non-hydrogen) atoms. The largest absolute Gasteiger partial charge is 0.454 e. The number of hydrogen-bond acceptors (Lipinski definition) is 4. The van der Waals surface area contributed by atoms with Gasteiger partial charge < -0.3 is 19.3 Å². The van der Waals surface area contributed by atoms with E-state index in [9.17, 15) is 0 Å². The number of allylic oxidation sites excluding steroid dienone is 5. The van der Waals surface area contributed by atoms with Crippen LogP contribution in [0.4, 0.5) is 5.69 Å². The SMILES string of the molecule is C=C/C=C(\C=C)c1cccc(-n2c3cccnc3c3c4oc5c(ccc6c5c(N)c(/C=C\C)n6-c5cccc(-c6ccccn6)c5)c4ccc32)c1. The first-order valence-corrected chi connectivity index (χ1v) is 16.9. The van der Waals surface area contributed by atoms with Crippen LogP contribution >= 0.6 is 0 Å². The number of nitrogens with two attached hydrogens (primary N) is 1. The van der Waals surface area contributed by atoms with Gasteiger partial charge in [-0.15, -0.1) is 0 Å². The van der Waals surface area contributed by atoms with Gasteiger partial charge in [-0.3, -0.25) is 9.97 Å². The van der Waals surface area contributed by atoms with E-state index in [-0.39, 0.29) is 0 Å². The number of aromatic nitrogens is 4. The molecule has 0 fully saturated rings. The lowest BCUT2D eigenvalue weighted by molar-refractivity contribution is 0.677. The maximum atomic E-state index is 7.08. The van der Waals surface area contributed by atoms with Crippen LogP contribution in [0.15, 0.2) is 157 Å². The molecule has 5 aromatic heterocycles. The zero-order valence-corrected chi connectivity index (χ0v) is 28.0. The minimum absolute atomic E-state index is 0.662. The fourth-order valence-corrected chi connectivity index (χ4v) is 7.47. The highest BCUT2D eigenvalue weighted by Crippen LogP contribution is 2.45. The lowest BCUT2D eigenvalue weighted by Crippen LogP contribution is -1.98. The smallest absolute Gasteiger partial charge is 0.147 e. The van der Waals surface area contributed by atoms with Crippen molar-refractivity contribution >= 4 is 72.1 Å². The van der Waals surface area contributed by atoms with Crippen LogP contribution in [0.25, 0.3) is 89.1 Å². The third-order valence-corrected chi connectivity index (χ3v) is 9.64. The topological polar surface area (TPSA) is 74.8 Å². The Bertz CT molecular complexity index is 2920. The van der Waals surface area contributed by atoms with Crippen molar-refractivity contribution in [2.45, 2.75) is 6.92 Å². The minimum atomic E-state index is 0.662. The summed E-state index contributed by atoms with van der Waals surface area (Å²) < 4.78 is 11.4. The number of fused-ring (bicyclic) bond motifs is 9. The number of benzene rings is 4. The van der Waals surface area contributed by atoms with Gasteiger partial charge in [0.2, 0.25) is 0 Å². The van der Waals surface area contributed by atoms with Crippen LogP contribution in [-0.2, 0) is 0 Å². The molecule has 0 atom stereocenters. The fraction of sp³-hybridized carbons (Fsp3) is 0.0222. The van der Waals surface area contributed by atoms with Gasteiger partial charge in [-0.1, -0.05) is 67.8 Å². The zero-order chi connectivity index (χ0) is 34.6. The first-order chi connectivity index (χ1) is 25.1. The second kappa shape index (κ2) is 11.9. The van der Waals surface area contributed by atoms with E-state index in [1.54, 1.807) is 6.08 Å². The molecular formula is C45H33N5O. The summed E-state index contributed by atoms with van der Waals surface area (Å²) in [7, 11) is 0. The van der Waals surface area contributed by atoms with Gasteiger partial charge in [0.25, 0.3) is 0 Å². The van der Waals surface area contributed by atoms with E-state index in [0.29, 0.717) is 5.69 Å². The second-order valence-corrected chi connectivity index (χ2v) is 12.5. The van der Waals surface area contributed by atoms with Gasteiger partial charge in [-0.2, -0.15) is 0 Å². The molecule has 5 heterocycles. The third kappa shape index (κ3) is 4.57. The molecule has 0 spiro atoms. The summed E-state index contributed by atoms with van der Waals surface area (Å²) in [6.45, 7) is 9.91. The zero-order valence-electron chi connectivity index (χ0n) is 28.0. The summed E-state index contributed by atoms with van der Waals surface area (Å²) in [6, 6.07) is 35.5. The van der Waals surface area contributed by atoms with E-state index in [4.69, 9.17) is 15.1 Å². The number of nitrogens with zero attached hydrogens (tertiary/aromatic N) is 4. The Hall–Kier alpha value is -6.92. The van der Waals surface area contributed by atoms with E-state index >= 15 is 0 Å². The van der Waals surface area contributed by atoms with Crippen LogP contribution in [-0.4, -0.2) is 19.1 Å². The number of nitrogen functional groups attached to an aromatic ring is 1. The molecule has 0 radical (unpaired) electrons. The molecule has 0 aliphatic rings. The van der Waals surface area contributed by atoms with Crippen molar-refractivity contribution < 1.29 is 4.42 Å². The van der Waals surface area contributed by atoms with Gasteiger partial charge in [0.05, 0.1) is 44.4 Å². The van der Waals surface area contributed by atoms with Crippen molar-refractivity contribution in [1.29, 1.82) is 0 Å². The first-order valence-electron chi connectivity index (χ1n) is 16.9. The van der Waals surface area contributed by atoms with Crippen LogP contribution < -0.4 is 5.73 Å². The molecule has 0 aliphatic carbocycles. The van der Waals surface area contributed by atoms with Crippen LogP contribution in [0.2, 0.25) is 0 Å². The summed E-state index contributed by atoms with van der Waals surface area (Å²) in [4.78, 5) is 9.50. The standard InChI is InChI=1S/C45H33N5O/c1-4-12-28(6-3)29-14-9-16-31(26-29)50-37-23-21-34-33-20-22-36-40(44(33)51-45(34)41(37)43-39(50)19-11-25-48-43)42(46)38(13-5-2)49(36)32-17-10-15-30(27-32)35-18-7-8-24-47-35/h4-27H,1,3,46H2,2H3/b13-5-,28-12+. The van der Waals surface area contributed by atoms with Crippen LogP contribution in [0.3, 0.4) is 0 Å². The molecule has 6 heteroatoms. The molecule has 0 aliphatic heterocycles. The van der Waals surface area contributed by atoms with E-state index < -0.39 is 0 Å². The molecule has 4 aromatic carbocycles. The highest BCUT2D eigenvalue weighted by Gasteiger charge is 2.24. The Morgan fingerprint density at radius 1 is 0.725 bits per heavy atom. The first kappa shape index (κ1) is 30.2. The van der Waals surface area contributed by atoms with Gasteiger partial charge in [0.1, 0.15) is 16.7 Å². The average molecular weight is 660 g/mol. The van der Waals surface area contributed by atoms with Gasteiger partial charge >= 0.3 is 0 Å². The average Bonchev–Trinajstić information content (AvgIpc) is 3.81. The highest BCUT2D eigenvalue weighted by molar-refractivity contribution is 6.26. The summed E-state index contributed by atoms with van der Waals surface area (Å²) in [5, 5.41) is 3.85. The summed E-state index contributed by atoms with van der Waals surface area (Å²) >= 11 is 0. The predicted octanol–water partition coefficient (Wildman–Crippen LogP) is 11.5. The molecule has 0 bridgehead atoms. The van der Waals surface area contributed by atoms with Crippen molar-refractivity contribution in [2.24, 2.45) is 0 Å². The number of rotatable bonds is 7. The Kier molecular flexibility index (Phi) is 7.03.